The Kier molecular flexibility index (Phi) is 3.81. The molecule has 2 aromatic carbocycles. The Hall–Kier alpha value is -2.66. The average molecular weight is 354 g/mol. The van der Waals surface area contributed by atoms with Gasteiger partial charge in [0.25, 0.3) is 5.56 Å². The number of hydrogen-bond donors (Lipinski definition) is 0. The summed E-state index contributed by atoms with van der Waals surface area (Å²) < 4.78 is 1.35. The number of benzene rings is 2. The number of halogens is 1. The Morgan fingerprint density at radius 3 is 2.92 bits per heavy atom. The maximum Gasteiger partial charge on any atom is 0.261 e. The third-order valence-corrected chi connectivity index (χ3v) is 4.80. The number of carbonyl (C=O) groups excluding carboxylic acids is 1. The van der Waals surface area contributed by atoms with Crippen molar-refractivity contribution < 1.29 is 4.79 Å². The van der Waals surface area contributed by atoms with Gasteiger partial charge in [0.05, 0.1) is 17.2 Å². The van der Waals surface area contributed by atoms with Crippen LogP contribution in [0.3, 0.4) is 0 Å². The molecule has 1 aromatic heterocycles. The van der Waals surface area contributed by atoms with Gasteiger partial charge in [-0.1, -0.05) is 29.8 Å². The monoisotopic (exact) mass is 353 g/mol. The highest BCUT2D eigenvalue weighted by atomic mass is 35.5. The number of hydrogen-bond acceptors (Lipinski definition) is 3. The molecule has 0 spiro atoms. The van der Waals surface area contributed by atoms with Gasteiger partial charge >= 0.3 is 0 Å². The van der Waals surface area contributed by atoms with Crippen LogP contribution >= 0.6 is 11.6 Å². The number of carbonyl (C=O) groups is 1. The Labute approximate surface area is 149 Å². The van der Waals surface area contributed by atoms with E-state index in [1.807, 2.05) is 31.2 Å². The fraction of sp³-hybridized carbons (Fsp3) is 0.211. The fourth-order valence-electron chi connectivity index (χ4n) is 3.41. The molecule has 3 aromatic rings. The van der Waals surface area contributed by atoms with Crippen molar-refractivity contribution in [2.24, 2.45) is 0 Å². The summed E-state index contributed by atoms with van der Waals surface area (Å²) in [7, 11) is 0. The number of anilines is 1. The smallest absolute Gasteiger partial charge is 0.261 e. The summed E-state index contributed by atoms with van der Waals surface area (Å²) in [5.74, 6) is -0.116. The maximum absolute atomic E-state index is 12.8. The van der Waals surface area contributed by atoms with Gasteiger partial charge in [-0.15, -0.1) is 0 Å². The maximum atomic E-state index is 12.8. The summed E-state index contributed by atoms with van der Waals surface area (Å²) >= 11 is 5.94. The summed E-state index contributed by atoms with van der Waals surface area (Å²) in [6, 6.07) is 12.9. The molecule has 0 N–H and O–H groups in total. The lowest BCUT2D eigenvalue weighted by atomic mass is 10.1. The van der Waals surface area contributed by atoms with Crippen molar-refractivity contribution in [1.82, 2.24) is 9.55 Å². The number of fused-ring (bicyclic) bond motifs is 2. The van der Waals surface area contributed by atoms with Gasteiger partial charge in [-0.2, -0.15) is 0 Å². The lowest BCUT2D eigenvalue weighted by molar-refractivity contribution is -0.119. The van der Waals surface area contributed by atoms with Gasteiger partial charge in [0.1, 0.15) is 6.54 Å². The van der Waals surface area contributed by atoms with Gasteiger partial charge in [0.2, 0.25) is 5.91 Å². The molecule has 126 valence electrons. The highest BCUT2D eigenvalue weighted by Gasteiger charge is 2.30. The SMILES string of the molecule is C[C@@H]1Cc2ccccc2N1C(=O)Cn1cnc2cc(Cl)ccc2c1=O. The van der Waals surface area contributed by atoms with Gasteiger partial charge < -0.3 is 4.90 Å². The van der Waals surface area contributed by atoms with Crippen LogP contribution in [0.4, 0.5) is 5.69 Å². The molecular formula is C19H16ClN3O2. The van der Waals surface area contributed by atoms with Crippen LogP contribution in [0.5, 0.6) is 0 Å². The Morgan fingerprint density at radius 2 is 2.08 bits per heavy atom. The molecule has 6 heteroatoms. The van der Waals surface area contributed by atoms with Gasteiger partial charge in [-0.05, 0) is 43.2 Å². The quantitative estimate of drug-likeness (QED) is 0.711. The summed E-state index contributed by atoms with van der Waals surface area (Å²) in [5.41, 5.74) is 2.37. The second-order valence-corrected chi connectivity index (χ2v) is 6.72. The van der Waals surface area contributed by atoms with E-state index in [4.69, 9.17) is 11.6 Å². The summed E-state index contributed by atoms with van der Waals surface area (Å²) in [4.78, 5) is 31.5. The van der Waals surface area contributed by atoms with Crippen molar-refractivity contribution >= 4 is 34.1 Å². The largest absolute Gasteiger partial charge is 0.307 e. The molecule has 0 bridgehead atoms. The molecular weight excluding hydrogens is 338 g/mol. The third kappa shape index (κ3) is 2.70. The minimum Gasteiger partial charge on any atom is -0.307 e. The Morgan fingerprint density at radius 1 is 1.28 bits per heavy atom. The third-order valence-electron chi connectivity index (χ3n) is 4.57. The number of amides is 1. The van der Waals surface area contributed by atoms with E-state index in [0.29, 0.717) is 15.9 Å². The predicted octanol–water partition coefficient (Wildman–Crippen LogP) is 3.03. The standard InChI is InChI=1S/C19H16ClN3O2/c1-12-8-13-4-2-3-5-17(13)23(12)18(24)10-22-11-21-16-9-14(20)6-7-15(16)19(22)25/h2-7,9,11-12H,8,10H2,1H3/t12-/m1/s1. The average Bonchev–Trinajstić information content (AvgIpc) is 2.93. The normalized spacial score (nSPS) is 16.2. The van der Waals surface area contributed by atoms with E-state index in [0.717, 1.165) is 17.7 Å². The van der Waals surface area contributed by atoms with E-state index in [-0.39, 0.29) is 24.1 Å². The number of aromatic nitrogens is 2. The van der Waals surface area contributed by atoms with Crippen molar-refractivity contribution in [1.29, 1.82) is 0 Å². The summed E-state index contributed by atoms with van der Waals surface area (Å²) in [6.45, 7) is 1.98. The fourth-order valence-corrected chi connectivity index (χ4v) is 3.58. The molecule has 0 radical (unpaired) electrons. The first-order valence-electron chi connectivity index (χ1n) is 8.09. The molecule has 0 aliphatic carbocycles. The van der Waals surface area contributed by atoms with Crippen LogP contribution in [0, 0.1) is 0 Å². The Balaban J connectivity index is 1.68. The lowest BCUT2D eigenvalue weighted by Crippen LogP contribution is -2.40. The molecule has 4 rings (SSSR count). The first kappa shape index (κ1) is 15.8. The molecule has 1 atom stereocenters. The minimum absolute atomic E-state index is 0.0386. The van der Waals surface area contributed by atoms with Crippen LogP contribution in [0.15, 0.2) is 53.6 Å². The zero-order valence-electron chi connectivity index (χ0n) is 13.6. The zero-order valence-corrected chi connectivity index (χ0v) is 14.4. The van der Waals surface area contributed by atoms with E-state index in [1.54, 1.807) is 23.1 Å². The van der Waals surface area contributed by atoms with Crippen LogP contribution in [0.25, 0.3) is 10.9 Å². The van der Waals surface area contributed by atoms with Crippen LogP contribution in [0.1, 0.15) is 12.5 Å². The number of nitrogens with zero attached hydrogens (tertiary/aromatic N) is 3. The highest BCUT2D eigenvalue weighted by molar-refractivity contribution is 6.31. The van der Waals surface area contributed by atoms with E-state index in [1.165, 1.54) is 10.9 Å². The molecule has 0 saturated carbocycles. The van der Waals surface area contributed by atoms with E-state index in [2.05, 4.69) is 4.98 Å². The Bertz CT molecular complexity index is 1040. The lowest BCUT2D eigenvalue weighted by Gasteiger charge is -2.23. The van der Waals surface area contributed by atoms with Crippen LogP contribution < -0.4 is 10.5 Å². The van der Waals surface area contributed by atoms with Gasteiger partial charge in [0, 0.05) is 16.8 Å². The van der Waals surface area contributed by atoms with Crippen molar-refractivity contribution in [3.63, 3.8) is 0 Å². The van der Waals surface area contributed by atoms with Crippen LogP contribution in [0.2, 0.25) is 5.02 Å². The molecule has 5 nitrogen and oxygen atoms in total. The molecule has 1 aliphatic rings. The van der Waals surface area contributed by atoms with Gasteiger partial charge in [0.15, 0.2) is 0 Å². The van der Waals surface area contributed by atoms with Crippen molar-refractivity contribution in [2.75, 3.05) is 4.90 Å². The second-order valence-electron chi connectivity index (χ2n) is 6.28. The van der Waals surface area contributed by atoms with Crippen molar-refractivity contribution in [3.8, 4) is 0 Å². The van der Waals surface area contributed by atoms with E-state index < -0.39 is 0 Å². The highest BCUT2D eigenvalue weighted by Crippen LogP contribution is 2.31. The summed E-state index contributed by atoms with van der Waals surface area (Å²) in [5, 5.41) is 0.977. The second kappa shape index (κ2) is 6.01. The van der Waals surface area contributed by atoms with E-state index in [9.17, 15) is 9.59 Å². The van der Waals surface area contributed by atoms with Gasteiger partial charge in [-0.25, -0.2) is 4.98 Å². The predicted molar refractivity (Wildman–Crippen MR) is 98.1 cm³/mol. The molecule has 2 heterocycles. The van der Waals surface area contributed by atoms with E-state index >= 15 is 0 Å². The number of para-hydroxylation sites is 1. The van der Waals surface area contributed by atoms with Crippen LogP contribution in [-0.4, -0.2) is 21.5 Å². The van der Waals surface area contributed by atoms with Gasteiger partial charge in [-0.3, -0.25) is 14.2 Å². The summed E-state index contributed by atoms with van der Waals surface area (Å²) in [6.07, 6.45) is 2.23. The molecule has 1 amide bonds. The minimum atomic E-state index is -0.241. The first-order chi connectivity index (χ1) is 12.0. The van der Waals surface area contributed by atoms with Crippen LogP contribution in [-0.2, 0) is 17.8 Å². The van der Waals surface area contributed by atoms with Crippen molar-refractivity contribution in [2.45, 2.75) is 25.9 Å². The molecule has 0 saturated heterocycles. The first-order valence-corrected chi connectivity index (χ1v) is 8.47. The number of rotatable bonds is 2. The van der Waals surface area contributed by atoms with Crippen molar-refractivity contribution in [3.05, 3.63) is 69.7 Å². The molecule has 1 aliphatic heterocycles. The zero-order chi connectivity index (χ0) is 17.6. The molecule has 25 heavy (non-hydrogen) atoms. The molecule has 0 unspecified atom stereocenters. The topological polar surface area (TPSA) is 55.2 Å². The molecule has 0 fully saturated rings.